The van der Waals surface area contributed by atoms with Gasteiger partial charge in [-0.2, -0.15) is 0 Å². The smallest absolute Gasteiger partial charge is 0.275 e. The molecule has 1 atom stereocenters. The van der Waals surface area contributed by atoms with Crippen LogP contribution in [0.4, 0.5) is 4.39 Å². The second-order valence-electron chi connectivity index (χ2n) is 8.76. The Morgan fingerprint density at radius 2 is 1.94 bits per heavy atom. The van der Waals surface area contributed by atoms with Crippen molar-refractivity contribution in [2.24, 2.45) is 0 Å². The number of rotatable bonds is 7. The van der Waals surface area contributed by atoms with Crippen LogP contribution in [0.2, 0.25) is 5.02 Å². The fourth-order valence-electron chi connectivity index (χ4n) is 4.13. The van der Waals surface area contributed by atoms with E-state index in [0.29, 0.717) is 33.1 Å². The number of aryl methyl sites for hydroxylation is 1. The molecule has 7 nitrogen and oxygen atoms in total. The van der Waals surface area contributed by atoms with Gasteiger partial charge in [-0.25, -0.2) is 8.91 Å². The molecule has 0 saturated heterocycles. The van der Waals surface area contributed by atoms with Gasteiger partial charge in [-0.3, -0.25) is 9.59 Å². The number of H-pyrrole nitrogens is 1. The number of aromatic nitrogens is 3. The van der Waals surface area contributed by atoms with Crippen molar-refractivity contribution in [1.29, 1.82) is 0 Å². The Hall–Kier alpha value is -3.49. The van der Waals surface area contributed by atoms with Crippen molar-refractivity contribution in [2.45, 2.75) is 39.2 Å². The standard InChI is InChI=1S/C26H26ClFN4O3/c1-14(2)22-19(25(34)29-21(10-11-33)16-6-8-18(28)9-7-16)13-32-23(22)26(35)30-24(31-32)17-5-4-15(3)20(27)12-17/h4-9,12-14,21,33H,10-11H2,1-3H3,(H,29,34)(H,30,31,35)/t21-/m1/s1. The minimum Gasteiger partial charge on any atom is -0.396 e. The Balaban J connectivity index is 1.77. The summed E-state index contributed by atoms with van der Waals surface area (Å²) >= 11 is 6.25. The number of carbonyl (C=O) groups excluding carboxylic acids is 1. The van der Waals surface area contributed by atoms with E-state index in [1.807, 2.05) is 32.9 Å². The van der Waals surface area contributed by atoms with Crippen LogP contribution in [-0.2, 0) is 0 Å². The largest absolute Gasteiger partial charge is 0.396 e. The maximum atomic E-state index is 13.4. The summed E-state index contributed by atoms with van der Waals surface area (Å²) in [7, 11) is 0. The van der Waals surface area contributed by atoms with Gasteiger partial charge in [-0.1, -0.05) is 49.7 Å². The van der Waals surface area contributed by atoms with Crippen LogP contribution < -0.4 is 10.9 Å². The molecule has 0 saturated carbocycles. The van der Waals surface area contributed by atoms with Crippen LogP contribution >= 0.6 is 11.6 Å². The van der Waals surface area contributed by atoms with Crippen LogP contribution in [0, 0.1) is 12.7 Å². The highest BCUT2D eigenvalue weighted by Crippen LogP contribution is 2.27. The van der Waals surface area contributed by atoms with Gasteiger partial charge < -0.3 is 15.4 Å². The number of aliphatic hydroxyl groups is 1. The van der Waals surface area contributed by atoms with E-state index in [-0.39, 0.29) is 35.8 Å². The first-order valence-electron chi connectivity index (χ1n) is 11.3. The summed E-state index contributed by atoms with van der Waals surface area (Å²) in [6, 6.07) is 10.6. The molecular formula is C26H26ClFN4O3. The number of amides is 1. The molecule has 9 heteroatoms. The number of nitrogens with zero attached hydrogens (tertiary/aromatic N) is 2. The highest BCUT2D eigenvalue weighted by Gasteiger charge is 2.25. The van der Waals surface area contributed by atoms with Crippen molar-refractivity contribution < 1.29 is 14.3 Å². The number of hydrogen-bond acceptors (Lipinski definition) is 4. The van der Waals surface area contributed by atoms with E-state index in [2.05, 4.69) is 15.4 Å². The third-order valence-electron chi connectivity index (χ3n) is 5.94. The Morgan fingerprint density at radius 1 is 1.23 bits per heavy atom. The molecule has 0 bridgehead atoms. The molecule has 0 spiro atoms. The first kappa shape index (κ1) is 24.6. The molecule has 4 aromatic rings. The molecule has 2 heterocycles. The Labute approximate surface area is 206 Å². The molecule has 0 unspecified atom stereocenters. The monoisotopic (exact) mass is 496 g/mol. The lowest BCUT2D eigenvalue weighted by atomic mass is 9.98. The fraction of sp³-hybridized carbons (Fsp3) is 0.269. The Kier molecular flexibility index (Phi) is 7.05. The summed E-state index contributed by atoms with van der Waals surface area (Å²) in [6.07, 6.45) is 1.79. The molecule has 1 amide bonds. The Bertz CT molecular complexity index is 1440. The van der Waals surface area contributed by atoms with Gasteiger partial charge in [0.2, 0.25) is 0 Å². The van der Waals surface area contributed by atoms with E-state index >= 15 is 0 Å². The molecule has 4 rings (SSSR count). The van der Waals surface area contributed by atoms with Gasteiger partial charge in [0.15, 0.2) is 5.82 Å². The highest BCUT2D eigenvalue weighted by molar-refractivity contribution is 6.31. The Morgan fingerprint density at radius 3 is 2.57 bits per heavy atom. The topological polar surface area (TPSA) is 99.5 Å². The molecule has 35 heavy (non-hydrogen) atoms. The number of aliphatic hydroxyl groups excluding tert-OH is 1. The van der Waals surface area contributed by atoms with Gasteiger partial charge in [-0.15, -0.1) is 5.10 Å². The maximum absolute atomic E-state index is 13.4. The fourth-order valence-corrected chi connectivity index (χ4v) is 4.31. The molecule has 0 fully saturated rings. The van der Waals surface area contributed by atoms with Crippen LogP contribution in [0.5, 0.6) is 0 Å². The van der Waals surface area contributed by atoms with Gasteiger partial charge in [0.05, 0.1) is 11.6 Å². The van der Waals surface area contributed by atoms with Crippen molar-refractivity contribution >= 4 is 23.0 Å². The number of nitrogens with one attached hydrogen (secondary N) is 2. The van der Waals surface area contributed by atoms with E-state index in [1.165, 1.54) is 22.8 Å². The van der Waals surface area contributed by atoms with Crippen LogP contribution in [0.1, 0.15) is 59.3 Å². The average Bonchev–Trinajstić information content (AvgIpc) is 3.22. The van der Waals surface area contributed by atoms with E-state index in [9.17, 15) is 19.1 Å². The molecule has 0 aliphatic carbocycles. The first-order valence-corrected chi connectivity index (χ1v) is 11.7. The zero-order chi connectivity index (χ0) is 25.3. The lowest BCUT2D eigenvalue weighted by Crippen LogP contribution is -2.29. The third-order valence-corrected chi connectivity index (χ3v) is 6.35. The predicted molar refractivity (Wildman–Crippen MR) is 133 cm³/mol. The third kappa shape index (κ3) is 4.99. The normalized spacial score (nSPS) is 12.3. The molecule has 2 aromatic carbocycles. The number of halogens is 2. The number of carbonyl (C=O) groups is 1. The molecule has 0 radical (unpaired) electrons. The summed E-state index contributed by atoms with van der Waals surface area (Å²) in [6.45, 7) is 5.50. The molecule has 3 N–H and O–H groups in total. The van der Waals surface area contributed by atoms with Crippen LogP contribution in [0.15, 0.2) is 53.5 Å². The zero-order valence-corrected chi connectivity index (χ0v) is 20.4. The summed E-state index contributed by atoms with van der Waals surface area (Å²) < 4.78 is 14.8. The molecule has 0 aliphatic rings. The highest BCUT2D eigenvalue weighted by atomic mass is 35.5. The minimum absolute atomic E-state index is 0.148. The zero-order valence-electron chi connectivity index (χ0n) is 19.6. The second kappa shape index (κ2) is 10.0. The number of benzene rings is 2. The summed E-state index contributed by atoms with van der Waals surface area (Å²) in [4.78, 5) is 29.3. The summed E-state index contributed by atoms with van der Waals surface area (Å²) in [5.74, 6) is -0.627. The van der Waals surface area contributed by atoms with Crippen molar-refractivity contribution in [3.05, 3.63) is 92.1 Å². The van der Waals surface area contributed by atoms with E-state index < -0.39 is 11.9 Å². The first-order chi connectivity index (χ1) is 16.7. The minimum atomic E-state index is -0.535. The van der Waals surface area contributed by atoms with Crippen molar-refractivity contribution in [3.8, 4) is 11.4 Å². The van der Waals surface area contributed by atoms with Gasteiger partial charge in [-0.05, 0) is 48.6 Å². The molecule has 0 aliphatic heterocycles. The van der Waals surface area contributed by atoms with Gasteiger partial charge >= 0.3 is 0 Å². The molecule has 182 valence electrons. The SMILES string of the molecule is Cc1ccc(-c2nn3cc(C(=O)N[C@H](CCO)c4ccc(F)cc4)c(C(C)C)c3c(=O)[nH]2)cc1Cl. The van der Waals surface area contributed by atoms with Gasteiger partial charge in [0.1, 0.15) is 11.3 Å². The van der Waals surface area contributed by atoms with Crippen LogP contribution in [0.25, 0.3) is 16.9 Å². The lowest BCUT2D eigenvalue weighted by molar-refractivity contribution is 0.0929. The predicted octanol–water partition coefficient (Wildman–Crippen LogP) is 4.77. The van der Waals surface area contributed by atoms with Crippen molar-refractivity contribution in [2.75, 3.05) is 6.61 Å². The average molecular weight is 497 g/mol. The number of fused-ring (bicyclic) bond motifs is 1. The van der Waals surface area contributed by atoms with Gasteiger partial charge in [0.25, 0.3) is 11.5 Å². The van der Waals surface area contributed by atoms with Gasteiger partial charge in [0, 0.05) is 29.0 Å². The summed E-state index contributed by atoms with van der Waals surface area (Å²) in [5.41, 5.74) is 2.99. The summed E-state index contributed by atoms with van der Waals surface area (Å²) in [5, 5.41) is 17.5. The molecular weight excluding hydrogens is 471 g/mol. The van der Waals surface area contributed by atoms with Crippen molar-refractivity contribution in [1.82, 2.24) is 19.9 Å². The van der Waals surface area contributed by atoms with E-state index in [4.69, 9.17) is 11.6 Å². The maximum Gasteiger partial charge on any atom is 0.275 e. The van der Waals surface area contributed by atoms with E-state index in [1.54, 1.807) is 18.2 Å². The van der Waals surface area contributed by atoms with Crippen LogP contribution in [0.3, 0.4) is 0 Å². The van der Waals surface area contributed by atoms with Crippen LogP contribution in [-0.4, -0.2) is 32.2 Å². The van der Waals surface area contributed by atoms with E-state index in [0.717, 1.165) is 5.56 Å². The lowest BCUT2D eigenvalue weighted by Gasteiger charge is -2.19. The second-order valence-corrected chi connectivity index (χ2v) is 9.17. The quantitative estimate of drug-likeness (QED) is 0.343. The van der Waals surface area contributed by atoms with Crippen molar-refractivity contribution in [3.63, 3.8) is 0 Å². The molecule has 2 aromatic heterocycles. The number of hydrogen-bond donors (Lipinski definition) is 3. The number of aromatic amines is 1.